The van der Waals surface area contributed by atoms with Gasteiger partial charge < -0.3 is 10.6 Å². The van der Waals surface area contributed by atoms with Gasteiger partial charge in [0.05, 0.1) is 6.04 Å². The zero-order chi connectivity index (χ0) is 14.4. The van der Waals surface area contributed by atoms with Crippen LogP contribution in [0.2, 0.25) is 0 Å². The fourth-order valence-electron chi connectivity index (χ4n) is 2.62. The van der Waals surface area contributed by atoms with Crippen LogP contribution >= 0.6 is 0 Å². The van der Waals surface area contributed by atoms with E-state index in [4.69, 9.17) is 0 Å². The average Bonchev–Trinajstić information content (AvgIpc) is 2.70. The molecule has 0 aliphatic carbocycles. The van der Waals surface area contributed by atoms with Crippen LogP contribution in [0.15, 0.2) is 24.3 Å². The van der Waals surface area contributed by atoms with E-state index in [0.29, 0.717) is 0 Å². The van der Waals surface area contributed by atoms with E-state index in [-0.39, 0.29) is 23.8 Å². The van der Waals surface area contributed by atoms with Gasteiger partial charge in [0.15, 0.2) is 0 Å². The minimum atomic E-state index is -0.229. The molecule has 0 radical (unpaired) electrons. The maximum absolute atomic E-state index is 12.8. The van der Waals surface area contributed by atoms with Crippen molar-refractivity contribution in [3.63, 3.8) is 0 Å². The molecule has 1 aromatic rings. The summed E-state index contributed by atoms with van der Waals surface area (Å²) in [7, 11) is 0. The first-order valence-corrected chi connectivity index (χ1v) is 7.43. The highest BCUT2D eigenvalue weighted by Crippen LogP contribution is 2.10. The van der Waals surface area contributed by atoms with E-state index in [1.165, 1.54) is 18.6 Å². The van der Waals surface area contributed by atoms with Crippen LogP contribution in [0, 0.1) is 5.82 Å². The fourth-order valence-corrected chi connectivity index (χ4v) is 2.62. The minimum Gasteiger partial charge on any atom is -0.352 e. The summed E-state index contributed by atoms with van der Waals surface area (Å²) in [6.07, 6.45) is 5.09. The summed E-state index contributed by atoms with van der Waals surface area (Å²) < 4.78 is 12.8. The minimum absolute atomic E-state index is 0.0537. The topological polar surface area (TPSA) is 41.1 Å². The van der Waals surface area contributed by atoms with Gasteiger partial charge >= 0.3 is 0 Å². The van der Waals surface area contributed by atoms with Crippen molar-refractivity contribution < 1.29 is 9.18 Å². The zero-order valence-corrected chi connectivity index (χ0v) is 12.0. The van der Waals surface area contributed by atoms with Crippen molar-refractivity contribution in [2.24, 2.45) is 0 Å². The number of halogens is 1. The van der Waals surface area contributed by atoms with Crippen molar-refractivity contribution in [1.82, 2.24) is 10.6 Å². The number of hydrogen-bond acceptors (Lipinski definition) is 2. The highest BCUT2D eigenvalue weighted by molar-refractivity contribution is 5.82. The molecule has 2 unspecified atom stereocenters. The SMILES string of the molecule is CC(Cc1ccc(F)cc1)NC(=O)C1CCCCCN1. The summed E-state index contributed by atoms with van der Waals surface area (Å²) in [5, 5.41) is 6.34. The van der Waals surface area contributed by atoms with Gasteiger partial charge in [0.25, 0.3) is 0 Å². The Balaban J connectivity index is 1.82. The molecule has 2 N–H and O–H groups in total. The van der Waals surface area contributed by atoms with Crippen LogP contribution in [-0.2, 0) is 11.2 Å². The molecule has 1 aliphatic heterocycles. The van der Waals surface area contributed by atoms with E-state index in [1.807, 2.05) is 6.92 Å². The largest absolute Gasteiger partial charge is 0.352 e. The van der Waals surface area contributed by atoms with Crippen molar-refractivity contribution >= 4 is 5.91 Å². The fraction of sp³-hybridized carbons (Fsp3) is 0.562. The third-order valence-electron chi connectivity index (χ3n) is 3.72. The number of rotatable bonds is 4. The predicted molar refractivity (Wildman–Crippen MR) is 78.0 cm³/mol. The van der Waals surface area contributed by atoms with Crippen molar-refractivity contribution in [2.75, 3.05) is 6.54 Å². The van der Waals surface area contributed by atoms with Crippen LogP contribution in [0.3, 0.4) is 0 Å². The molecule has 1 aliphatic rings. The highest BCUT2D eigenvalue weighted by atomic mass is 19.1. The smallest absolute Gasteiger partial charge is 0.237 e. The first kappa shape index (κ1) is 15.0. The lowest BCUT2D eigenvalue weighted by atomic mass is 10.1. The van der Waals surface area contributed by atoms with Crippen LogP contribution in [0.25, 0.3) is 0 Å². The number of nitrogens with one attached hydrogen (secondary N) is 2. The number of benzene rings is 1. The van der Waals surface area contributed by atoms with Crippen LogP contribution in [-0.4, -0.2) is 24.5 Å². The van der Waals surface area contributed by atoms with Crippen molar-refractivity contribution in [3.8, 4) is 0 Å². The van der Waals surface area contributed by atoms with E-state index in [0.717, 1.165) is 37.8 Å². The summed E-state index contributed by atoms with van der Waals surface area (Å²) in [5.74, 6) is -0.144. The maximum atomic E-state index is 12.8. The molecule has 1 fully saturated rings. The summed E-state index contributed by atoms with van der Waals surface area (Å²) in [6, 6.07) is 6.43. The molecule has 1 saturated heterocycles. The molecule has 0 saturated carbocycles. The number of carbonyl (C=O) groups excluding carboxylic acids is 1. The molecule has 1 amide bonds. The van der Waals surface area contributed by atoms with Crippen molar-refractivity contribution in [1.29, 1.82) is 0 Å². The van der Waals surface area contributed by atoms with E-state index in [1.54, 1.807) is 12.1 Å². The van der Waals surface area contributed by atoms with Crippen LogP contribution < -0.4 is 10.6 Å². The summed E-state index contributed by atoms with van der Waals surface area (Å²) in [6.45, 7) is 2.91. The Morgan fingerprint density at radius 1 is 1.35 bits per heavy atom. The van der Waals surface area contributed by atoms with Gasteiger partial charge in [-0.05, 0) is 50.4 Å². The lowest BCUT2D eigenvalue weighted by molar-refractivity contribution is -0.123. The Bertz CT molecular complexity index is 425. The second-order valence-electron chi connectivity index (χ2n) is 5.60. The van der Waals surface area contributed by atoms with Gasteiger partial charge in [0.2, 0.25) is 5.91 Å². The molecule has 1 heterocycles. The quantitative estimate of drug-likeness (QED) is 0.888. The Hall–Kier alpha value is -1.42. The average molecular weight is 278 g/mol. The lowest BCUT2D eigenvalue weighted by Crippen LogP contribution is -2.47. The van der Waals surface area contributed by atoms with Crippen molar-refractivity contribution in [3.05, 3.63) is 35.6 Å². The molecular formula is C16H23FN2O. The van der Waals surface area contributed by atoms with E-state index < -0.39 is 0 Å². The molecule has 110 valence electrons. The van der Waals surface area contributed by atoms with Crippen LogP contribution in [0.1, 0.15) is 38.2 Å². The van der Waals surface area contributed by atoms with Gasteiger partial charge in [0.1, 0.15) is 5.82 Å². The number of carbonyl (C=O) groups is 1. The van der Waals surface area contributed by atoms with Crippen LogP contribution in [0.5, 0.6) is 0 Å². The van der Waals surface area contributed by atoms with E-state index >= 15 is 0 Å². The monoisotopic (exact) mass is 278 g/mol. The molecule has 4 heteroatoms. The third-order valence-corrected chi connectivity index (χ3v) is 3.72. The zero-order valence-electron chi connectivity index (χ0n) is 12.0. The lowest BCUT2D eigenvalue weighted by Gasteiger charge is -2.20. The van der Waals surface area contributed by atoms with Gasteiger partial charge in [-0.25, -0.2) is 4.39 Å². The molecule has 3 nitrogen and oxygen atoms in total. The Labute approximate surface area is 120 Å². The molecule has 20 heavy (non-hydrogen) atoms. The van der Waals surface area contributed by atoms with Gasteiger partial charge in [-0.1, -0.05) is 25.0 Å². The van der Waals surface area contributed by atoms with Gasteiger partial charge in [-0.3, -0.25) is 4.79 Å². The summed E-state index contributed by atoms with van der Waals surface area (Å²) in [4.78, 5) is 12.2. The van der Waals surface area contributed by atoms with Gasteiger partial charge in [0, 0.05) is 6.04 Å². The number of hydrogen-bond donors (Lipinski definition) is 2. The van der Waals surface area contributed by atoms with E-state index in [2.05, 4.69) is 10.6 Å². The molecule has 2 rings (SSSR count). The van der Waals surface area contributed by atoms with E-state index in [9.17, 15) is 9.18 Å². The molecule has 0 bridgehead atoms. The Morgan fingerprint density at radius 3 is 2.85 bits per heavy atom. The predicted octanol–water partition coefficient (Wildman–Crippen LogP) is 2.41. The molecule has 0 spiro atoms. The third kappa shape index (κ3) is 4.60. The van der Waals surface area contributed by atoms with Crippen LogP contribution in [0.4, 0.5) is 4.39 Å². The van der Waals surface area contributed by atoms with Gasteiger partial charge in [-0.15, -0.1) is 0 Å². The normalized spacial score (nSPS) is 21.0. The summed E-state index contributed by atoms with van der Waals surface area (Å²) >= 11 is 0. The molecule has 2 atom stereocenters. The second kappa shape index (κ2) is 7.39. The van der Waals surface area contributed by atoms with Gasteiger partial charge in [-0.2, -0.15) is 0 Å². The Morgan fingerprint density at radius 2 is 2.10 bits per heavy atom. The Kier molecular flexibility index (Phi) is 5.53. The first-order chi connectivity index (χ1) is 9.65. The molecule has 1 aromatic carbocycles. The molecule has 0 aromatic heterocycles. The molecular weight excluding hydrogens is 255 g/mol. The maximum Gasteiger partial charge on any atom is 0.237 e. The number of amides is 1. The van der Waals surface area contributed by atoms with Crippen molar-refractivity contribution in [2.45, 2.75) is 51.1 Å². The first-order valence-electron chi connectivity index (χ1n) is 7.43. The highest BCUT2D eigenvalue weighted by Gasteiger charge is 2.20. The second-order valence-corrected chi connectivity index (χ2v) is 5.60. The standard InChI is InChI=1S/C16H23FN2O/c1-12(11-13-6-8-14(17)9-7-13)19-16(20)15-5-3-2-4-10-18-15/h6-9,12,15,18H,2-5,10-11H2,1H3,(H,19,20). The summed E-state index contributed by atoms with van der Waals surface area (Å²) in [5.41, 5.74) is 1.04.